The summed E-state index contributed by atoms with van der Waals surface area (Å²) in [6.07, 6.45) is 2.54. The van der Waals surface area contributed by atoms with E-state index in [9.17, 15) is 9.59 Å². The molecule has 2 rings (SSSR count). The van der Waals surface area contributed by atoms with Gasteiger partial charge in [-0.15, -0.1) is 0 Å². The van der Waals surface area contributed by atoms with Gasteiger partial charge >= 0.3 is 6.09 Å². The third kappa shape index (κ3) is 3.76. The first-order valence-electron chi connectivity index (χ1n) is 8.06. The minimum atomic E-state index is -0.544. The Bertz CT molecular complexity index is 447. The second-order valence-electron chi connectivity index (χ2n) is 7.53. The number of nitrogens with one attached hydrogen (secondary N) is 1. The minimum absolute atomic E-state index is 0.0205. The van der Waals surface area contributed by atoms with Gasteiger partial charge in [-0.1, -0.05) is 22.9 Å². The summed E-state index contributed by atoms with van der Waals surface area (Å²) >= 11 is 3.48. The molecule has 1 N–H and O–H groups in total. The molecule has 1 aliphatic heterocycles. The van der Waals surface area contributed by atoms with Crippen LogP contribution in [0.2, 0.25) is 0 Å². The molecule has 1 heterocycles. The van der Waals surface area contributed by atoms with Crippen molar-refractivity contribution < 1.29 is 14.3 Å². The molecule has 1 saturated heterocycles. The number of hydrogen-bond acceptors (Lipinski definition) is 3. The molecule has 6 heteroatoms. The molecule has 2 amide bonds. The Hall–Kier alpha value is -0.780. The van der Waals surface area contributed by atoms with Crippen LogP contribution in [0.4, 0.5) is 4.79 Å². The number of halogens is 1. The zero-order chi connectivity index (χ0) is 16.7. The number of alkyl halides is 1. The highest BCUT2D eigenvalue weighted by molar-refractivity contribution is 9.09. The number of carbonyl (C=O) groups is 2. The lowest BCUT2D eigenvalue weighted by molar-refractivity contribution is -0.128. The van der Waals surface area contributed by atoms with Gasteiger partial charge in [-0.3, -0.25) is 9.69 Å². The number of hydrogen-bond donors (Lipinski definition) is 1. The quantitative estimate of drug-likeness (QED) is 0.772. The van der Waals surface area contributed by atoms with Gasteiger partial charge in [0, 0.05) is 16.9 Å². The second-order valence-corrected chi connectivity index (χ2v) is 8.98. The molecule has 5 nitrogen and oxygen atoms in total. The molecular weight excluding hydrogens is 348 g/mol. The molecular formula is C16H27BrN2O3. The van der Waals surface area contributed by atoms with Gasteiger partial charge < -0.3 is 10.1 Å². The van der Waals surface area contributed by atoms with Crippen molar-refractivity contribution in [2.24, 2.45) is 5.92 Å². The third-order valence-corrected chi connectivity index (χ3v) is 5.31. The van der Waals surface area contributed by atoms with E-state index in [2.05, 4.69) is 21.2 Å². The monoisotopic (exact) mass is 374 g/mol. The maximum atomic E-state index is 12.6. The van der Waals surface area contributed by atoms with Crippen molar-refractivity contribution >= 4 is 27.9 Å². The number of rotatable bonds is 3. The van der Waals surface area contributed by atoms with Gasteiger partial charge in [-0.2, -0.15) is 0 Å². The van der Waals surface area contributed by atoms with Gasteiger partial charge in [-0.25, -0.2) is 4.79 Å². The molecule has 126 valence electrons. The Balaban J connectivity index is 2.10. The normalized spacial score (nSPS) is 30.1. The maximum absolute atomic E-state index is 12.6. The lowest BCUT2D eigenvalue weighted by Crippen LogP contribution is -2.55. The largest absolute Gasteiger partial charge is 0.444 e. The summed E-state index contributed by atoms with van der Waals surface area (Å²) in [5.74, 6) is 0.201. The fourth-order valence-corrected chi connectivity index (χ4v) is 3.46. The molecule has 2 bridgehead atoms. The minimum Gasteiger partial charge on any atom is -0.444 e. The van der Waals surface area contributed by atoms with Crippen molar-refractivity contribution in [3.63, 3.8) is 0 Å². The highest BCUT2D eigenvalue weighted by Gasteiger charge is 2.52. The fraction of sp³-hybridized carbons (Fsp3) is 0.875. The molecule has 4 unspecified atom stereocenters. The van der Waals surface area contributed by atoms with E-state index in [1.165, 1.54) is 0 Å². The fourth-order valence-electron chi connectivity index (χ4n) is 3.33. The lowest BCUT2D eigenvalue weighted by Gasteiger charge is -2.36. The van der Waals surface area contributed by atoms with Crippen LogP contribution in [-0.4, -0.2) is 45.5 Å². The van der Waals surface area contributed by atoms with Crippen LogP contribution in [0, 0.1) is 5.92 Å². The van der Waals surface area contributed by atoms with Gasteiger partial charge in [-0.05, 0) is 52.9 Å². The average molecular weight is 375 g/mol. The van der Waals surface area contributed by atoms with Crippen molar-refractivity contribution in [2.45, 2.75) is 82.4 Å². The van der Waals surface area contributed by atoms with Crippen LogP contribution in [0.1, 0.15) is 53.9 Å². The summed E-state index contributed by atoms with van der Waals surface area (Å²) in [6, 6.07) is -0.221. The van der Waals surface area contributed by atoms with Crippen LogP contribution >= 0.6 is 15.9 Å². The topological polar surface area (TPSA) is 58.6 Å². The van der Waals surface area contributed by atoms with E-state index >= 15 is 0 Å². The van der Waals surface area contributed by atoms with E-state index in [1.807, 2.05) is 34.6 Å². The Kier molecular flexibility index (Phi) is 5.09. The van der Waals surface area contributed by atoms with Crippen LogP contribution in [-0.2, 0) is 9.53 Å². The average Bonchev–Trinajstić information content (AvgIpc) is 2.96. The molecule has 2 fully saturated rings. The van der Waals surface area contributed by atoms with Crippen LogP contribution in [0.5, 0.6) is 0 Å². The molecule has 1 aliphatic carbocycles. The van der Waals surface area contributed by atoms with E-state index in [4.69, 9.17) is 4.74 Å². The summed E-state index contributed by atoms with van der Waals surface area (Å²) in [6.45, 7) is 9.51. The summed E-state index contributed by atoms with van der Waals surface area (Å²) in [5, 5.41) is 3.02. The van der Waals surface area contributed by atoms with E-state index in [0.717, 1.165) is 19.3 Å². The number of nitrogens with zero attached hydrogens (tertiary/aromatic N) is 1. The number of piperidine rings is 1. The van der Waals surface area contributed by atoms with E-state index in [-0.39, 0.29) is 40.9 Å². The van der Waals surface area contributed by atoms with Crippen molar-refractivity contribution in [3.8, 4) is 0 Å². The maximum Gasteiger partial charge on any atom is 0.411 e. The van der Waals surface area contributed by atoms with Crippen LogP contribution in [0.15, 0.2) is 0 Å². The summed E-state index contributed by atoms with van der Waals surface area (Å²) in [7, 11) is 0. The first kappa shape index (κ1) is 17.6. The van der Waals surface area contributed by atoms with Crippen molar-refractivity contribution in [3.05, 3.63) is 0 Å². The van der Waals surface area contributed by atoms with Gasteiger partial charge in [0.15, 0.2) is 0 Å². The van der Waals surface area contributed by atoms with Gasteiger partial charge in [0.25, 0.3) is 0 Å². The molecule has 5 atom stereocenters. The van der Waals surface area contributed by atoms with Gasteiger partial charge in [0.2, 0.25) is 5.91 Å². The number of carbonyl (C=O) groups excluding carboxylic acids is 2. The summed E-state index contributed by atoms with van der Waals surface area (Å²) < 4.78 is 5.50. The predicted molar refractivity (Wildman–Crippen MR) is 89.0 cm³/mol. The Morgan fingerprint density at radius 1 is 1.27 bits per heavy atom. The SMILES string of the molecule is CC(Br)[C@H](C)NC(=O)C1C2CCC(C2)N1C(=O)OC(C)(C)C. The van der Waals surface area contributed by atoms with Crippen molar-refractivity contribution in [1.82, 2.24) is 10.2 Å². The standard InChI is InChI=1S/C16H27BrN2O3/c1-9(17)10(2)18-14(20)13-11-6-7-12(8-11)19(13)15(21)22-16(3,4)5/h9-13H,6-8H2,1-5H3,(H,18,20)/t9?,10-,11?,12?,13?/m0/s1. The zero-order valence-corrected chi connectivity index (χ0v) is 15.6. The van der Waals surface area contributed by atoms with Crippen molar-refractivity contribution in [2.75, 3.05) is 0 Å². The Labute approximate surface area is 141 Å². The number of likely N-dealkylation sites (tertiary alicyclic amines) is 1. The van der Waals surface area contributed by atoms with E-state index < -0.39 is 5.60 Å². The predicted octanol–water partition coefficient (Wildman–Crippen LogP) is 3.06. The van der Waals surface area contributed by atoms with Gasteiger partial charge in [0.05, 0.1) is 0 Å². The lowest BCUT2D eigenvalue weighted by atomic mass is 9.97. The molecule has 2 aliphatic rings. The number of amides is 2. The highest BCUT2D eigenvalue weighted by atomic mass is 79.9. The molecule has 0 radical (unpaired) electrons. The zero-order valence-electron chi connectivity index (χ0n) is 14.1. The third-order valence-electron chi connectivity index (χ3n) is 4.52. The van der Waals surface area contributed by atoms with Crippen molar-refractivity contribution in [1.29, 1.82) is 0 Å². The summed E-state index contributed by atoms with van der Waals surface area (Å²) in [4.78, 5) is 27.0. The molecule has 0 aromatic rings. The van der Waals surface area contributed by atoms with Crippen LogP contribution in [0.25, 0.3) is 0 Å². The van der Waals surface area contributed by atoms with Gasteiger partial charge in [0.1, 0.15) is 11.6 Å². The highest BCUT2D eigenvalue weighted by Crippen LogP contribution is 2.43. The molecule has 0 aromatic heterocycles. The number of fused-ring (bicyclic) bond motifs is 2. The molecule has 0 aromatic carbocycles. The Morgan fingerprint density at radius 3 is 2.45 bits per heavy atom. The molecule has 0 spiro atoms. The smallest absolute Gasteiger partial charge is 0.411 e. The summed E-state index contributed by atoms with van der Waals surface area (Å²) in [5.41, 5.74) is -0.544. The Morgan fingerprint density at radius 2 is 1.91 bits per heavy atom. The molecule has 1 saturated carbocycles. The van der Waals surface area contributed by atoms with E-state index in [1.54, 1.807) is 4.90 Å². The van der Waals surface area contributed by atoms with E-state index in [0.29, 0.717) is 0 Å². The molecule has 22 heavy (non-hydrogen) atoms. The number of ether oxygens (including phenoxy) is 1. The van der Waals surface area contributed by atoms with Crippen LogP contribution in [0.3, 0.4) is 0 Å². The first-order chi connectivity index (χ1) is 10.1. The first-order valence-corrected chi connectivity index (χ1v) is 8.97. The second kappa shape index (κ2) is 6.38. The van der Waals surface area contributed by atoms with Crippen LogP contribution < -0.4 is 5.32 Å².